The molecule has 1 aromatic heterocycles. The lowest BCUT2D eigenvalue weighted by Crippen LogP contribution is -2.36. The molecule has 4 atom stereocenters. The van der Waals surface area contributed by atoms with E-state index in [1.807, 2.05) is 24.0 Å². The number of hydrogen-bond acceptors (Lipinski definition) is 6. The van der Waals surface area contributed by atoms with E-state index in [2.05, 4.69) is 20.5 Å². The summed E-state index contributed by atoms with van der Waals surface area (Å²) < 4.78 is 13.1. The van der Waals surface area contributed by atoms with Crippen molar-refractivity contribution >= 4 is 11.8 Å². The third-order valence-corrected chi connectivity index (χ3v) is 6.51. The van der Waals surface area contributed by atoms with Crippen molar-refractivity contribution in [3.05, 3.63) is 18.2 Å². The Labute approximate surface area is 177 Å². The van der Waals surface area contributed by atoms with Gasteiger partial charge in [0.15, 0.2) is 0 Å². The van der Waals surface area contributed by atoms with Crippen molar-refractivity contribution in [2.75, 3.05) is 33.4 Å². The molecule has 2 N–H and O–H groups in total. The summed E-state index contributed by atoms with van der Waals surface area (Å²) in [6.07, 6.45) is 6.57. The molecule has 2 amide bonds. The fourth-order valence-electron chi connectivity index (χ4n) is 4.82. The number of rotatable bonds is 10. The SMILES string of the molecule is COCCNC(=O)C[C@@H]1OC[C@@H]2[C@H]1[C@H](CC(=O)NC1CC1)CN2Cc1nccn1C. The first-order valence-corrected chi connectivity index (χ1v) is 10.9. The van der Waals surface area contributed by atoms with E-state index in [1.54, 1.807) is 7.11 Å². The average Bonchev–Trinajstić information content (AvgIpc) is 3.12. The molecule has 3 aliphatic rings. The molecule has 1 saturated carbocycles. The van der Waals surface area contributed by atoms with Crippen LogP contribution in [0.25, 0.3) is 0 Å². The van der Waals surface area contributed by atoms with E-state index >= 15 is 0 Å². The van der Waals surface area contributed by atoms with Gasteiger partial charge in [0.25, 0.3) is 0 Å². The van der Waals surface area contributed by atoms with Crippen LogP contribution in [0.2, 0.25) is 0 Å². The Bertz CT molecular complexity index is 750. The van der Waals surface area contributed by atoms with Crippen LogP contribution in [0.1, 0.15) is 31.5 Å². The number of carbonyl (C=O) groups is 2. The topological polar surface area (TPSA) is 97.7 Å². The highest BCUT2D eigenvalue weighted by Crippen LogP contribution is 2.42. The molecule has 9 nitrogen and oxygen atoms in total. The van der Waals surface area contributed by atoms with Gasteiger partial charge in [0.2, 0.25) is 11.8 Å². The number of imidazole rings is 1. The first kappa shape index (κ1) is 21.3. The zero-order chi connectivity index (χ0) is 21.1. The molecule has 0 spiro atoms. The number of methoxy groups -OCH3 is 1. The summed E-state index contributed by atoms with van der Waals surface area (Å²) >= 11 is 0. The van der Waals surface area contributed by atoms with Crippen LogP contribution in [0, 0.1) is 11.8 Å². The Kier molecular flexibility index (Phi) is 6.70. The standard InChI is InChI=1S/C21H33N5O4/c1-25-7-5-22-18(25)12-26-11-14(9-20(28)24-15-3-4-15)21-16(26)13-30-17(21)10-19(27)23-6-8-29-2/h5,7,14-17,21H,3-4,6,8-13H2,1-2H3,(H,23,27)(H,24,28)/t14-,16-,17+,21-/m1/s1. The van der Waals surface area contributed by atoms with Crippen molar-refractivity contribution in [2.45, 2.75) is 50.4 Å². The minimum atomic E-state index is -0.164. The Morgan fingerprint density at radius 3 is 2.83 bits per heavy atom. The maximum atomic E-state index is 12.5. The van der Waals surface area contributed by atoms with E-state index in [-0.39, 0.29) is 35.8 Å². The summed E-state index contributed by atoms with van der Waals surface area (Å²) in [7, 11) is 3.61. The van der Waals surface area contributed by atoms with Crippen LogP contribution in [0.4, 0.5) is 0 Å². The third-order valence-electron chi connectivity index (χ3n) is 6.51. The number of nitrogens with one attached hydrogen (secondary N) is 2. The van der Waals surface area contributed by atoms with Gasteiger partial charge in [-0.05, 0) is 18.8 Å². The van der Waals surface area contributed by atoms with Gasteiger partial charge in [0.1, 0.15) is 5.82 Å². The van der Waals surface area contributed by atoms with Crippen LogP contribution in [-0.4, -0.2) is 77.9 Å². The van der Waals surface area contributed by atoms with Gasteiger partial charge in [-0.3, -0.25) is 14.5 Å². The van der Waals surface area contributed by atoms with Gasteiger partial charge in [-0.25, -0.2) is 4.98 Å². The summed E-state index contributed by atoms with van der Waals surface area (Å²) in [5, 5.41) is 6.00. The lowest BCUT2D eigenvalue weighted by Gasteiger charge is -2.23. The zero-order valence-electron chi connectivity index (χ0n) is 17.9. The number of likely N-dealkylation sites (tertiary alicyclic amines) is 1. The molecular weight excluding hydrogens is 386 g/mol. The molecule has 2 aliphatic heterocycles. The highest BCUT2D eigenvalue weighted by Gasteiger charge is 2.51. The van der Waals surface area contributed by atoms with Gasteiger partial charge in [-0.2, -0.15) is 0 Å². The number of amides is 2. The largest absolute Gasteiger partial charge is 0.383 e. The van der Waals surface area contributed by atoms with Crippen LogP contribution >= 0.6 is 0 Å². The van der Waals surface area contributed by atoms with Crippen LogP contribution in [0.15, 0.2) is 12.4 Å². The predicted molar refractivity (Wildman–Crippen MR) is 109 cm³/mol. The molecule has 3 heterocycles. The lowest BCUT2D eigenvalue weighted by atomic mass is 9.84. The van der Waals surface area contributed by atoms with Crippen LogP contribution in [-0.2, 0) is 32.7 Å². The Morgan fingerprint density at radius 2 is 2.13 bits per heavy atom. The Morgan fingerprint density at radius 1 is 1.30 bits per heavy atom. The number of nitrogens with zero attached hydrogens (tertiary/aromatic N) is 3. The predicted octanol–water partition coefficient (Wildman–Crippen LogP) is 0.0569. The second-order valence-corrected chi connectivity index (χ2v) is 8.75. The minimum absolute atomic E-state index is 0.0265. The number of aromatic nitrogens is 2. The monoisotopic (exact) mass is 419 g/mol. The average molecular weight is 420 g/mol. The molecular formula is C21H33N5O4. The summed E-state index contributed by atoms with van der Waals surface area (Å²) in [6.45, 7) is 3.12. The molecule has 30 heavy (non-hydrogen) atoms. The molecule has 1 aromatic rings. The van der Waals surface area contributed by atoms with Gasteiger partial charge in [-0.15, -0.1) is 0 Å². The van der Waals surface area contributed by atoms with Gasteiger partial charge in [-0.1, -0.05) is 0 Å². The molecule has 9 heteroatoms. The molecule has 0 aromatic carbocycles. The number of aryl methyl sites for hydroxylation is 1. The van der Waals surface area contributed by atoms with Crippen molar-refractivity contribution in [1.82, 2.24) is 25.1 Å². The Balaban J connectivity index is 1.42. The maximum Gasteiger partial charge on any atom is 0.222 e. The number of fused-ring (bicyclic) bond motifs is 1. The number of carbonyl (C=O) groups excluding carboxylic acids is 2. The van der Waals surface area contributed by atoms with Crippen molar-refractivity contribution in [3.63, 3.8) is 0 Å². The summed E-state index contributed by atoms with van der Waals surface area (Å²) in [5.74, 6) is 1.44. The van der Waals surface area contributed by atoms with Gasteiger partial charge in [0, 0.05) is 64.1 Å². The van der Waals surface area contributed by atoms with Crippen LogP contribution < -0.4 is 10.6 Å². The highest BCUT2D eigenvalue weighted by molar-refractivity contribution is 5.77. The molecule has 0 bridgehead atoms. The first-order valence-electron chi connectivity index (χ1n) is 10.9. The van der Waals surface area contributed by atoms with E-state index in [1.165, 1.54) is 0 Å². The second kappa shape index (κ2) is 9.45. The smallest absolute Gasteiger partial charge is 0.222 e. The molecule has 4 rings (SSSR count). The number of hydrogen-bond donors (Lipinski definition) is 2. The molecule has 1 aliphatic carbocycles. The lowest BCUT2D eigenvalue weighted by molar-refractivity contribution is -0.124. The normalized spacial score (nSPS) is 28.5. The van der Waals surface area contributed by atoms with E-state index in [9.17, 15) is 9.59 Å². The first-order chi connectivity index (χ1) is 14.5. The molecule has 0 unspecified atom stereocenters. The van der Waals surface area contributed by atoms with Gasteiger partial charge >= 0.3 is 0 Å². The van der Waals surface area contributed by atoms with Gasteiger partial charge in [0.05, 0.1) is 32.3 Å². The summed E-state index contributed by atoms with van der Waals surface area (Å²) in [4.78, 5) is 31.8. The van der Waals surface area contributed by atoms with Crippen LogP contribution in [0.5, 0.6) is 0 Å². The highest BCUT2D eigenvalue weighted by atomic mass is 16.5. The van der Waals surface area contributed by atoms with Crippen molar-refractivity contribution < 1.29 is 19.1 Å². The van der Waals surface area contributed by atoms with Crippen molar-refractivity contribution in [3.8, 4) is 0 Å². The second-order valence-electron chi connectivity index (χ2n) is 8.75. The van der Waals surface area contributed by atoms with Crippen LogP contribution in [0.3, 0.4) is 0 Å². The van der Waals surface area contributed by atoms with E-state index in [0.717, 1.165) is 31.8 Å². The fourth-order valence-corrected chi connectivity index (χ4v) is 4.82. The Hall–Kier alpha value is -1.97. The quantitative estimate of drug-likeness (QED) is 0.521. The minimum Gasteiger partial charge on any atom is -0.383 e. The van der Waals surface area contributed by atoms with E-state index < -0.39 is 0 Å². The summed E-state index contributed by atoms with van der Waals surface area (Å²) in [5.41, 5.74) is 0. The molecule has 3 fully saturated rings. The summed E-state index contributed by atoms with van der Waals surface area (Å²) in [6, 6.07) is 0.567. The van der Waals surface area contributed by atoms with Crippen molar-refractivity contribution in [1.29, 1.82) is 0 Å². The molecule has 0 radical (unpaired) electrons. The number of ether oxygens (including phenoxy) is 2. The fraction of sp³-hybridized carbons (Fsp3) is 0.762. The molecule has 166 valence electrons. The zero-order valence-corrected chi connectivity index (χ0v) is 17.9. The maximum absolute atomic E-state index is 12.5. The molecule has 2 saturated heterocycles. The van der Waals surface area contributed by atoms with E-state index in [4.69, 9.17) is 9.47 Å². The van der Waals surface area contributed by atoms with E-state index in [0.29, 0.717) is 38.6 Å². The third kappa shape index (κ3) is 5.01. The van der Waals surface area contributed by atoms with Crippen molar-refractivity contribution in [2.24, 2.45) is 18.9 Å². The van der Waals surface area contributed by atoms with Gasteiger partial charge < -0.3 is 24.7 Å².